The van der Waals surface area contributed by atoms with Crippen molar-refractivity contribution in [3.8, 4) is 0 Å². The largest absolute Gasteiger partial charge is 0.466 e. The number of esters is 1. The molecular weight excluding hydrogens is 296 g/mol. The summed E-state index contributed by atoms with van der Waals surface area (Å²) in [6.45, 7) is 14.4. The van der Waals surface area contributed by atoms with Crippen molar-refractivity contribution < 1.29 is 9.53 Å². The topological polar surface area (TPSA) is 26.3 Å². The highest BCUT2D eigenvalue weighted by atomic mass is 16.5. The van der Waals surface area contributed by atoms with Crippen molar-refractivity contribution in [2.24, 2.45) is 0 Å². The second kappa shape index (κ2) is 12.7. The number of hydrogen-bond donors (Lipinski definition) is 0. The summed E-state index contributed by atoms with van der Waals surface area (Å²) in [4.78, 5) is 10.2. The average molecular weight is 322 g/mol. The van der Waals surface area contributed by atoms with Gasteiger partial charge in [-0.25, -0.2) is 4.79 Å². The van der Waals surface area contributed by atoms with Crippen molar-refractivity contribution in [2.75, 3.05) is 7.11 Å². The fourth-order valence-electron chi connectivity index (χ4n) is 1.49. The molecule has 0 aliphatic rings. The Morgan fingerprint density at radius 3 is 1.58 bits per heavy atom. The van der Waals surface area contributed by atoms with Gasteiger partial charge in [-0.3, -0.25) is 0 Å². The Hall–Kier alpha value is -2.87. The molecule has 2 aromatic rings. The quantitative estimate of drug-likeness (QED) is 0.528. The van der Waals surface area contributed by atoms with E-state index in [1.165, 1.54) is 18.2 Å². The van der Waals surface area contributed by atoms with Gasteiger partial charge < -0.3 is 4.74 Å². The number of benzene rings is 2. The van der Waals surface area contributed by atoms with Crippen LogP contribution in [0.3, 0.4) is 0 Å². The lowest BCUT2D eigenvalue weighted by atomic mass is 10.1. The summed E-state index contributed by atoms with van der Waals surface area (Å²) in [5, 5.41) is 0. The highest BCUT2D eigenvalue weighted by Gasteiger charge is 1.95. The number of allylic oxidation sites excluding steroid dienone is 1. The van der Waals surface area contributed by atoms with Crippen molar-refractivity contribution >= 4 is 17.6 Å². The minimum Gasteiger partial charge on any atom is -0.466 e. The molecule has 0 aliphatic carbocycles. The molecule has 0 aromatic heterocycles. The van der Waals surface area contributed by atoms with Gasteiger partial charge in [0.1, 0.15) is 0 Å². The lowest BCUT2D eigenvalue weighted by Gasteiger charge is -1.94. The first-order valence-corrected chi connectivity index (χ1v) is 7.54. The Bertz CT molecular complexity index is 640. The third-order valence-corrected chi connectivity index (χ3v) is 2.84. The van der Waals surface area contributed by atoms with Gasteiger partial charge in [-0.1, -0.05) is 92.0 Å². The molecule has 0 fully saturated rings. The number of ether oxygens (including phenoxy) is 1. The lowest BCUT2D eigenvalue weighted by molar-refractivity contribution is -0.136. The molecule has 2 heteroatoms. The molecule has 126 valence electrons. The molecule has 2 rings (SSSR count). The number of methoxy groups -OCH3 is 1. The van der Waals surface area contributed by atoms with E-state index in [2.05, 4.69) is 36.6 Å². The Morgan fingerprint density at radius 2 is 1.38 bits per heavy atom. The van der Waals surface area contributed by atoms with Crippen molar-refractivity contribution in [3.05, 3.63) is 97.1 Å². The maximum atomic E-state index is 10.2. The Balaban J connectivity index is 0.000000334. The molecule has 0 unspecified atom stereocenters. The Morgan fingerprint density at radius 1 is 0.917 bits per heavy atom. The molecule has 0 radical (unpaired) electrons. The summed E-state index contributed by atoms with van der Waals surface area (Å²) in [5.41, 5.74) is 3.95. The first kappa shape index (κ1) is 21.1. The zero-order valence-electron chi connectivity index (χ0n) is 14.8. The van der Waals surface area contributed by atoms with Gasteiger partial charge in [0, 0.05) is 5.57 Å². The van der Waals surface area contributed by atoms with Crippen LogP contribution in [-0.4, -0.2) is 13.1 Å². The van der Waals surface area contributed by atoms with Crippen LogP contribution in [0.15, 0.2) is 86.0 Å². The maximum absolute atomic E-state index is 10.2. The molecule has 2 nitrogen and oxygen atoms in total. The highest BCUT2D eigenvalue weighted by Crippen LogP contribution is 2.08. The fourth-order valence-corrected chi connectivity index (χ4v) is 1.49. The molecule has 24 heavy (non-hydrogen) atoms. The van der Waals surface area contributed by atoms with E-state index in [1.807, 2.05) is 61.5 Å². The fraction of sp³-hybridized carbons (Fsp3) is 0.136. The smallest absolute Gasteiger partial charge is 0.332 e. The van der Waals surface area contributed by atoms with Crippen LogP contribution in [0.5, 0.6) is 0 Å². The van der Waals surface area contributed by atoms with Gasteiger partial charge in [0.25, 0.3) is 0 Å². The van der Waals surface area contributed by atoms with Crippen LogP contribution in [0, 0.1) is 0 Å². The summed E-state index contributed by atoms with van der Waals surface area (Å²) < 4.78 is 4.27. The standard InChI is InChI=1S/C9H10.C8H8.C5H8O2/c1-8(2)9-6-4-3-5-7-9;1-2-8-6-4-3-5-7-8;1-4(2)5(6)7-3/h3-7H,1H2,2H3;2-7H,1H2;1H2,2-3H3. The average Bonchev–Trinajstić information content (AvgIpc) is 2.63. The maximum Gasteiger partial charge on any atom is 0.332 e. The second-order valence-corrected chi connectivity index (χ2v) is 5.03. The number of carbonyl (C=O) groups is 1. The third-order valence-electron chi connectivity index (χ3n) is 2.84. The van der Waals surface area contributed by atoms with E-state index < -0.39 is 0 Å². The normalized spacial score (nSPS) is 8.46. The van der Waals surface area contributed by atoms with E-state index >= 15 is 0 Å². The lowest BCUT2D eigenvalue weighted by Crippen LogP contribution is -1.98. The molecule has 0 spiro atoms. The number of carbonyl (C=O) groups excluding carboxylic acids is 1. The van der Waals surface area contributed by atoms with Gasteiger partial charge >= 0.3 is 5.97 Å². The van der Waals surface area contributed by atoms with E-state index in [1.54, 1.807) is 6.92 Å². The second-order valence-electron chi connectivity index (χ2n) is 5.03. The summed E-state index contributed by atoms with van der Waals surface area (Å²) in [5.74, 6) is -0.347. The van der Waals surface area contributed by atoms with E-state index in [4.69, 9.17) is 0 Å². The van der Waals surface area contributed by atoms with Gasteiger partial charge in [0.2, 0.25) is 0 Å². The molecule has 0 aliphatic heterocycles. The predicted molar refractivity (Wildman–Crippen MR) is 105 cm³/mol. The van der Waals surface area contributed by atoms with Crippen LogP contribution in [0.4, 0.5) is 0 Å². The molecule has 0 bridgehead atoms. The highest BCUT2D eigenvalue weighted by molar-refractivity contribution is 5.86. The van der Waals surface area contributed by atoms with Crippen LogP contribution in [0.2, 0.25) is 0 Å². The van der Waals surface area contributed by atoms with Gasteiger partial charge in [-0.2, -0.15) is 0 Å². The molecule has 0 saturated heterocycles. The van der Waals surface area contributed by atoms with Gasteiger partial charge in [0.05, 0.1) is 7.11 Å². The number of rotatable bonds is 3. The molecule has 0 atom stereocenters. The monoisotopic (exact) mass is 322 g/mol. The predicted octanol–water partition coefficient (Wildman–Crippen LogP) is 5.78. The van der Waals surface area contributed by atoms with Crippen LogP contribution < -0.4 is 0 Å². The summed E-state index contributed by atoms with van der Waals surface area (Å²) >= 11 is 0. The van der Waals surface area contributed by atoms with Crippen LogP contribution in [0.1, 0.15) is 25.0 Å². The van der Waals surface area contributed by atoms with E-state index in [0.29, 0.717) is 5.57 Å². The molecule has 0 N–H and O–H groups in total. The summed E-state index contributed by atoms with van der Waals surface area (Å²) in [6, 6.07) is 20.2. The third kappa shape index (κ3) is 9.96. The molecule has 0 heterocycles. The summed E-state index contributed by atoms with van der Waals surface area (Å²) in [6.07, 6.45) is 1.83. The van der Waals surface area contributed by atoms with Gasteiger partial charge in [0.15, 0.2) is 0 Å². The Labute approximate surface area is 145 Å². The summed E-state index contributed by atoms with van der Waals surface area (Å²) in [7, 11) is 1.33. The minimum absolute atomic E-state index is 0.347. The zero-order valence-corrected chi connectivity index (χ0v) is 14.8. The van der Waals surface area contributed by atoms with Crippen molar-refractivity contribution in [2.45, 2.75) is 13.8 Å². The van der Waals surface area contributed by atoms with Gasteiger partial charge in [-0.15, -0.1) is 0 Å². The molecule has 0 saturated carbocycles. The van der Waals surface area contributed by atoms with Crippen molar-refractivity contribution in [3.63, 3.8) is 0 Å². The zero-order chi connectivity index (χ0) is 18.4. The van der Waals surface area contributed by atoms with E-state index in [0.717, 1.165) is 5.57 Å². The van der Waals surface area contributed by atoms with E-state index in [9.17, 15) is 4.79 Å². The molecule has 0 amide bonds. The number of hydrogen-bond acceptors (Lipinski definition) is 2. The van der Waals surface area contributed by atoms with Crippen molar-refractivity contribution in [1.82, 2.24) is 0 Å². The molecular formula is C22H26O2. The van der Waals surface area contributed by atoms with Crippen LogP contribution in [-0.2, 0) is 9.53 Å². The first-order valence-electron chi connectivity index (χ1n) is 7.54. The van der Waals surface area contributed by atoms with Crippen LogP contribution >= 0.6 is 0 Å². The van der Waals surface area contributed by atoms with Crippen LogP contribution in [0.25, 0.3) is 11.6 Å². The van der Waals surface area contributed by atoms with E-state index in [-0.39, 0.29) is 5.97 Å². The minimum atomic E-state index is -0.347. The van der Waals surface area contributed by atoms with Crippen molar-refractivity contribution in [1.29, 1.82) is 0 Å². The SMILES string of the molecule is C=C(C)C(=O)OC.C=C(C)c1ccccc1.C=Cc1ccccc1. The Kier molecular flexibility index (Phi) is 11.1. The molecule has 2 aromatic carbocycles. The van der Waals surface area contributed by atoms with Gasteiger partial charge in [-0.05, 0) is 25.0 Å². The first-order chi connectivity index (χ1) is 11.4.